The van der Waals surface area contributed by atoms with Gasteiger partial charge in [-0.25, -0.2) is 0 Å². The summed E-state index contributed by atoms with van der Waals surface area (Å²) in [5.74, 6) is 0.863. The van der Waals surface area contributed by atoms with Gasteiger partial charge in [0.2, 0.25) is 5.91 Å². The minimum Gasteiger partial charge on any atom is -0.361 e. The SMILES string of the molecule is CN=C(NCCc1c[nH]c2cc(C)ccc12)NCc1ccc(N2CCNC(=O)C2)cc1.I. The number of carbonyl (C=O) groups is 1. The van der Waals surface area contributed by atoms with E-state index in [9.17, 15) is 4.79 Å². The van der Waals surface area contributed by atoms with Gasteiger partial charge in [0.25, 0.3) is 0 Å². The van der Waals surface area contributed by atoms with Crippen LogP contribution >= 0.6 is 24.0 Å². The van der Waals surface area contributed by atoms with E-state index < -0.39 is 0 Å². The van der Waals surface area contributed by atoms with E-state index in [0.29, 0.717) is 19.6 Å². The predicted octanol–water partition coefficient (Wildman–Crippen LogP) is 2.94. The summed E-state index contributed by atoms with van der Waals surface area (Å²) in [5.41, 5.74) is 6.00. The summed E-state index contributed by atoms with van der Waals surface area (Å²) in [6.07, 6.45) is 3.01. The molecule has 1 saturated heterocycles. The van der Waals surface area contributed by atoms with Crippen LogP contribution in [0.3, 0.4) is 0 Å². The molecule has 2 heterocycles. The first-order valence-corrected chi connectivity index (χ1v) is 10.7. The van der Waals surface area contributed by atoms with Gasteiger partial charge in [0, 0.05) is 56.0 Å². The summed E-state index contributed by atoms with van der Waals surface area (Å²) in [7, 11) is 1.79. The van der Waals surface area contributed by atoms with Crippen molar-refractivity contribution in [2.45, 2.75) is 19.9 Å². The molecule has 0 unspecified atom stereocenters. The second kappa shape index (κ2) is 11.2. The number of nitrogens with zero attached hydrogens (tertiary/aromatic N) is 2. The molecule has 0 spiro atoms. The summed E-state index contributed by atoms with van der Waals surface area (Å²) in [5, 5.41) is 10.9. The Morgan fingerprint density at radius 1 is 1.16 bits per heavy atom. The lowest BCUT2D eigenvalue weighted by Gasteiger charge is -2.28. The van der Waals surface area contributed by atoms with Gasteiger partial charge in [-0.1, -0.05) is 24.3 Å². The topological polar surface area (TPSA) is 84.6 Å². The largest absolute Gasteiger partial charge is 0.361 e. The molecule has 0 bridgehead atoms. The van der Waals surface area contributed by atoms with Gasteiger partial charge >= 0.3 is 0 Å². The number of nitrogens with one attached hydrogen (secondary N) is 4. The highest BCUT2D eigenvalue weighted by atomic mass is 127. The number of aryl methyl sites for hydroxylation is 1. The van der Waals surface area contributed by atoms with Crippen molar-refractivity contribution in [3.05, 3.63) is 65.4 Å². The molecule has 0 radical (unpaired) electrons. The minimum absolute atomic E-state index is 0. The van der Waals surface area contributed by atoms with E-state index in [2.05, 4.69) is 86.4 Å². The number of rotatable bonds is 6. The lowest BCUT2D eigenvalue weighted by Crippen LogP contribution is -2.47. The second-order valence-corrected chi connectivity index (χ2v) is 7.90. The summed E-state index contributed by atoms with van der Waals surface area (Å²) in [4.78, 5) is 21.4. The summed E-state index contributed by atoms with van der Waals surface area (Å²) < 4.78 is 0. The molecule has 1 fully saturated rings. The number of amides is 1. The van der Waals surface area contributed by atoms with Crippen LogP contribution in [0.2, 0.25) is 0 Å². The van der Waals surface area contributed by atoms with Gasteiger partial charge in [-0.15, -0.1) is 24.0 Å². The molecule has 170 valence electrons. The zero-order chi connectivity index (χ0) is 21.6. The molecule has 3 aromatic rings. The van der Waals surface area contributed by atoms with Gasteiger partial charge in [0.05, 0.1) is 6.54 Å². The Morgan fingerprint density at radius 3 is 2.72 bits per heavy atom. The fourth-order valence-corrected chi connectivity index (χ4v) is 3.91. The maximum absolute atomic E-state index is 11.6. The van der Waals surface area contributed by atoms with Gasteiger partial charge in [0.15, 0.2) is 5.96 Å². The van der Waals surface area contributed by atoms with Crippen LogP contribution in [-0.4, -0.2) is 50.1 Å². The lowest BCUT2D eigenvalue weighted by molar-refractivity contribution is -0.120. The van der Waals surface area contributed by atoms with E-state index in [4.69, 9.17) is 0 Å². The third kappa shape index (κ3) is 5.93. The Labute approximate surface area is 206 Å². The third-order valence-corrected chi connectivity index (χ3v) is 5.63. The van der Waals surface area contributed by atoms with Crippen molar-refractivity contribution >= 4 is 52.4 Å². The quantitative estimate of drug-likeness (QED) is 0.218. The van der Waals surface area contributed by atoms with Crippen molar-refractivity contribution in [2.24, 2.45) is 4.99 Å². The predicted molar refractivity (Wildman–Crippen MR) is 142 cm³/mol. The molecule has 8 heteroatoms. The molecule has 1 aliphatic rings. The number of anilines is 1. The molecular weight excluding hydrogens is 515 g/mol. The van der Waals surface area contributed by atoms with Crippen LogP contribution in [0.5, 0.6) is 0 Å². The van der Waals surface area contributed by atoms with E-state index in [1.54, 1.807) is 7.05 Å². The molecule has 0 atom stereocenters. The van der Waals surface area contributed by atoms with Crippen molar-refractivity contribution in [1.29, 1.82) is 0 Å². The number of aliphatic imine (C=N–C) groups is 1. The van der Waals surface area contributed by atoms with E-state index in [1.165, 1.54) is 27.6 Å². The lowest BCUT2D eigenvalue weighted by atomic mass is 10.1. The van der Waals surface area contributed by atoms with Crippen molar-refractivity contribution < 1.29 is 4.79 Å². The Bertz CT molecular complexity index is 1080. The van der Waals surface area contributed by atoms with Crippen LogP contribution in [0.15, 0.2) is 53.7 Å². The van der Waals surface area contributed by atoms with Gasteiger partial charge in [-0.3, -0.25) is 9.79 Å². The average molecular weight is 546 g/mol. The van der Waals surface area contributed by atoms with Crippen LogP contribution in [0.25, 0.3) is 10.9 Å². The first-order valence-electron chi connectivity index (χ1n) is 10.7. The van der Waals surface area contributed by atoms with Gasteiger partial charge in [-0.05, 0) is 48.2 Å². The van der Waals surface area contributed by atoms with Crippen molar-refractivity contribution in [3.63, 3.8) is 0 Å². The second-order valence-electron chi connectivity index (χ2n) is 7.90. The minimum atomic E-state index is 0. The molecule has 2 aromatic carbocycles. The standard InChI is InChI=1S/C24H30N6O.HI/c1-17-3-8-21-19(15-28-22(21)13-17)9-10-27-24(25-2)29-14-18-4-6-20(7-5-18)30-12-11-26-23(31)16-30;/h3-8,13,15,28H,9-12,14,16H2,1-2H3,(H,26,31)(H2,25,27,29);1H. The maximum Gasteiger partial charge on any atom is 0.239 e. The molecule has 1 aromatic heterocycles. The number of fused-ring (bicyclic) bond motifs is 1. The molecule has 1 aliphatic heterocycles. The van der Waals surface area contributed by atoms with Gasteiger partial charge in [0.1, 0.15) is 0 Å². The molecule has 4 rings (SSSR count). The summed E-state index contributed by atoms with van der Waals surface area (Å²) >= 11 is 0. The van der Waals surface area contributed by atoms with E-state index >= 15 is 0 Å². The van der Waals surface area contributed by atoms with Crippen LogP contribution in [0.1, 0.15) is 16.7 Å². The highest BCUT2D eigenvalue weighted by Gasteiger charge is 2.16. The molecule has 0 saturated carbocycles. The molecule has 1 amide bonds. The van der Waals surface area contributed by atoms with Crippen LogP contribution in [0.4, 0.5) is 5.69 Å². The number of aromatic amines is 1. The first kappa shape index (κ1) is 23.9. The molecule has 4 N–H and O–H groups in total. The highest BCUT2D eigenvalue weighted by molar-refractivity contribution is 14.0. The zero-order valence-corrected chi connectivity index (χ0v) is 20.9. The monoisotopic (exact) mass is 546 g/mol. The fourth-order valence-electron chi connectivity index (χ4n) is 3.91. The molecule has 32 heavy (non-hydrogen) atoms. The number of piperazine rings is 1. The zero-order valence-electron chi connectivity index (χ0n) is 18.6. The number of benzene rings is 2. The number of hydrogen-bond donors (Lipinski definition) is 4. The highest BCUT2D eigenvalue weighted by Crippen LogP contribution is 2.19. The van der Waals surface area contributed by atoms with Gasteiger partial charge in [-0.2, -0.15) is 0 Å². The normalized spacial score (nSPS) is 14.1. The number of hydrogen-bond acceptors (Lipinski definition) is 3. The van der Waals surface area contributed by atoms with E-state index in [1.807, 2.05) is 0 Å². The van der Waals surface area contributed by atoms with Crippen LogP contribution in [-0.2, 0) is 17.8 Å². The Balaban J connectivity index is 0.00000289. The number of H-pyrrole nitrogens is 1. The van der Waals surface area contributed by atoms with Crippen LogP contribution < -0.4 is 20.9 Å². The Morgan fingerprint density at radius 2 is 1.97 bits per heavy atom. The summed E-state index contributed by atoms with van der Waals surface area (Å²) in [6.45, 7) is 5.56. The average Bonchev–Trinajstić information content (AvgIpc) is 3.18. The molecule has 7 nitrogen and oxygen atoms in total. The first-order chi connectivity index (χ1) is 15.1. The van der Waals surface area contributed by atoms with Crippen molar-refractivity contribution in [2.75, 3.05) is 38.1 Å². The van der Waals surface area contributed by atoms with E-state index in [0.717, 1.165) is 31.2 Å². The number of halogens is 1. The smallest absolute Gasteiger partial charge is 0.239 e. The van der Waals surface area contributed by atoms with E-state index in [-0.39, 0.29) is 29.9 Å². The number of guanidine groups is 1. The van der Waals surface area contributed by atoms with Crippen molar-refractivity contribution in [3.8, 4) is 0 Å². The number of aromatic nitrogens is 1. The molecule has 0 aliphatic carbocycles. The summed E-state index contributed by atoms with van der Waals surface area (Å²) in [6, 6.07) is 14.8. The van der Waals surface area contributed by atoms with Gasteiger partial charge < -0.3 is 25.8 Å². The van der Waals surface area contributed by atoms with Crippen molar-refractivity contribution in [1.82, 2.24) is 20.9 Å². The Kier molecular flexibility index (Phi) is 8.38. The maximum atomic E-state index is 11.6. The Hall–Kier alpha value is -2.75. The van der Waals surface area contributed by atoms with Crippen LogP contribution in [0, 0.1) is 6.92 Å². The third-order valence-electron chi connectivity index (χ3n) is 5.63. The number of carbonyl (C=O) groups excluding carboxylic acids is 1. The molecular formula is C24H31IN6O. The fraction of sp³-hybridized carbons (Fsp3) is 0.333.